The Morgan fingerprint density at radius 3 is 2.73 bits per heavy atom. The third-order valence-electron chi connectivity index (χ3n) is 3.89. The average molecular weight is 152 g/mol. The number of rotatable bonds is 1. The van der Waals surface area contributed by atoms with Gasteiger partial charge in [0.2, 0.25) is 0 Å². The standard InChI is InChI=1S/C10H16O/c1-7-8-3-4-9(5-8)10(7,2)6-11/h8-9,11H,1,3-6H2,2H3/t8-,9+,10-/m1/s1. The van der Waals surface area contributed by atoms with Gasteiger partial charge in [-0.05, 0) is 31.1 Å². The monoisotopic (exact) mass is 152 g/mol. The predicted octanol–water partition coefficient (Wildman–Crippen LogP) is 1.97. The maximum Gasteiger partial charge on any atom is 0.0524 e. The van der Waals surface area contributed by atoms with Crippen molar-refractivity contribution in [2.24, 2.45) is 17.3 Å². The molecule has 2 rings (SSSR count). The van der Waals surface area contributed by atoms with Crippen molar-refractivity contribution < 1.29 is 5.11 Å². The molecule has 2 saturated carbocycles. The van der Waals surface area contributed by atoms with Gasteiger partial charge in [0.25, 0.3) is 0 Å². The van der Waals surface area contributed by atoms with Crippen LogP contribution < -0.4 is 0 Å². The summed E-state index contributed by atoms with van der Waals surface area (Å²) in [5, 5.41) is 9.26. The van der Waals surface area contributed by atoms with E-state index in [-0.39, 0.29) is 5.41 Å². The number of hydrogen-bond donors (Lipinski definition) is 1. The van der Waals surface area contributed by atoms with Crippen molar-refractivity contribution in [1.29, 1.82) is 0 Å². The molecule has 0 heterocycles. The van der Waals surface area contributed by atoms with E-state index in [4.69, 9.17) is 0 Å². The molecule has 0 radical (unpaired) electrons. The lowest BCUT2D eigenvalue weighted by molar-refractivity contribution is 0.124. The summed E-state index contributed by atoms with van der Waals surface area (Å²) < 4.78 is 0. The summed E-state index contributed by atoms with van der Waals surface area (Å²) in [5.41, 5.74) is 1.39. The van der Waals surface area contributed by atoms with Crippen LogP contribution in [0.2, 0.25) is 0 Å². The maximum absolute atomic E-state index is 9.26. The van der Waals surface area contributed by atoms with Crippen molar-refractivity contribution in [1.82, 2.24) is 0 Å². The summed E-state index contributed by atoms with van der Waals surface area (Å²) in [6.45, 7) is 6.57. The molecule has 62 valence electrons. The summed E-state index contributed by atoms with van der Waals surface area (Å²) in [4.78, 5) is 0. The molecular formula is C10H16O. The van der Waals surface area contributed by atoms with E-state index in [9.17, 15) is 5.11 Å². The molecule has 11 heavy (non-hydrogen) atoms. The molecule has 0 aromatic rings. The third kappa shape index (κ3) is 0.750. The number of fused-ring (bicyclic) bond motifs is 2. The topological polar surface area (TPSA) is 20.2 Å². The molecular weight excluding hydrogens is 136 g/mol. The highest BCUT2D eigenvalue weighted by Crippen LogP contribution is 2.58. The van der Waals surface area contributed by atoms with Gasteiger partial charge in [-0.15, -0.1) is 0 Å². The van der Waals surface area contributed by atoms with E-state index < -0.39 is 0 Å². The quantitative estimate of drug-likeness (QED) is 0.569. The first kappa shape index (κ1) is 7.35. The predicted molar refractivity (Wildman–Crippen MR) is 45.2 cm³/mol. The normalized spacial score (nSPS) is 48.7. The van der Waals surface area contributed by atoms with Crippen LogP contribution in [0.25, 0.3) is 0 Å². The fourth-order valence-electron chi connectivity index (χ4n) is 2.84. The first-order chi connectivity index (χ1) is 5.18. The molecule has 0 aromatic carbocycles. The van der Waals surface area contributed by atoms with E-state index in [2.05, 4.69) is 13.5 Å². The zero-order valence-corrected chi connectivity index (χ0v) is 7.14. The van der Waals surface area contributed by atoms with Gasteiger partial charge in [-0.3, -0.25) is 0 Å². The summed E-state index contributed by atoms with van der Waals surface area (Å²) in [6.07, 6.45) is 3.91. The summed E-state index contributed by atoms with van der Waals surface area (Å²) in [5.74, 6) is 1.46. The molecule has 0 unspecified atom stereocenters. The number of aliphatic hydroxyl groups is 1. The van der Waals surface area contributed by atoms with Crippen molar-refractivity contribution in [2.75, 3.05) is 6.61 Å². The van der Waals surface area contributed by atoms with Crippen LogP contribution in [0.4, 0.5) is 0 Å². The van der Waals surface area contributed by atoms with E-state index in [0.717, 1.165) is 11.8 Å². The Morgan fingerprint density at radius 2 is 2.36 bits per heavy atom. The van der Waals surface area contributed by atoms with Crippen molar-refractivity contribution in [2.45, 2.75) is 26.2 Å². The Bertz CT molecular complexity index is 197. The SMILES string of the molecule is C=C1[C@@H]2CC[C@@H](C2)[C@]1(C)CO. The van der Waals surface area contributed by atoms with E-state index in [0.29, 0.717) is 6.61 Å². The van der Waals surface area contributed by atoms with Crippen LogP contribution in [0.5, 0.6) is 0 Å². The molecule has 0 amide bonds. The van der Waals surface area contributed by atoms with Crippen molar-refractivity contribution >= 4 is 0 Å². The first-order valence-electron chi connectivity index (χ1n) is 4.48. The van der Waals surface area contributed by atoms with Gasteiger partial charge in [0.05, 0.1) is 6.61 Å². The maximum atomic E-state index is 9.26. The van der Waals surface area contributed by atoms with Gasteiger partial charge in [0, 0.05) is 5.41 Å². The van der Waals surface area contributed by atoms with Gasteiger partial charge < -0.3 is 5.11 Å². The molecule has 0 aromatic heterocycles. The second-order valence-electron chi connectivity index (χ2n) is 4.31. The summed E-state index contributed by atoms with van der Waals surface area (Å²) in [6, 6.07) is 0. The molecule has 0 saturated heterocycles. The second-order valence-corrected chi connectivity index (χ2v) is 4.31. The van der Waals surface area contributed by atoms with Crippen LogP contribution in [0, 0.1) is 17.3 Å². The van der Waals surface area contributed by atoms with Crippen LogP contribution in [-0.4, -0.2) is 11.7 Å². The van der Waals surface area contributed by atoms with Gasteiger partial charge in [0.15, 0.2) is 0 Å². The van der Waals surface area contributed by atoms with Gasteiger partial charge in [-0.1, -0.05) is 19.1 Å². The van der Waals surface area contributed by atoms with Gasteiger partial charge >= 0.3 is 0 Å². The highest BCUT2D eigenvalue weighted by atomic mass is 16.3. The van der Waals surface area contributed by atoms with E-state index in [1.165, 1.54) is 24.8 Å². The fourth-order valence-corrected chi connectivity index (χ4v) is 2.84. The van der Waals surface area contributed by atoms with Crippen molar-refractivity contribution in [3.8, 4) is 0 Å². The molecule has 2 aliphatic carbocycles. The number of aliphatic hydroxyl groups excluding tert-OH is 1. The summed E-state index contributed by atoms with van der Waals surface area (Å²) >= 11 is 0. The Labute approximate surface area is 68.1 Å². The molecule has 1 heteroatoms. The molecule has 0 spiro atoms. The lowest BCUT2D eigenvalue weighted by atomic mass is 9.72. The highest BCUT2D eigenvalue weighted by molar-refractivity contribution is 5.24. The molecule has 1 nitrogen and oxygen atoms in total. The minimum Gasteiger partial charge on any atom is -0.395 e. The molecule has 2 bridgehead atoms. The van der Waals surface area contributed by atoms with E-state index in [1.54, 1.807) is 0 Å². The van der Waals surface area contributed by atoms with Gasteiger partial charge in [-0.25, -0.2) is 0 Å². The fraction of sp³-hybridized carbons (Fsp3) is 0.800. The van der Waals surface area contributed by atoms with Crippen LogP contribution in [0.1, 0.15) is 26.2 Å². The smallest absolute Gasteiger partial charge is 0.0524 e. The first-order valence-corrected chi connectivity index (χ1v) is 4.48. The lowest BCUT2D eigenvalue weighted by Crippen LogP contribution is -2.29. The van der Waals surface area contributed by atoms with Crippen molar-refractivity contribution in [3.05, 3.63) is 12.2 Å². The molecule has 2 aliphatic rings. The Morgan fingerprint density at radius 1 is 1.64 bits per heavy atom. The molecule has 1 N–H and O–H groups in total. The van der Waals surface area contributed by atoms with Crippen LogP contribution in [-0.2, 0) is 0 Å². The van der Waals surface area contributed by atoms with Crippen LogP contribution in [0.3, 0.4) is 0 Å². The van der Waals surface area contributed by atoms with Crippen molar-refractivity contribution in [3.63, 3.8) is 0 Å². The molecule has 2 fully saturated rings. The van der Waals surface area contributed by atoms with Gasteiger partial charge in [-0.2, -0.15) is 0 Å². The minimum atomic E-state index is 0.0723. The third-order valence-corrected chi connectivity index (χ3v) is 3.89. The van der Waals surface area contributed by atoms with E-state index >= 15 is 0 Å². The summed E-state index contributed by atoms with van der Waals surface area (Å²) in [7, 11) is 0. The Balaban J connectivity index is 2.30. The lowest BCUT2D eigenvalue weighted by Gasteiger charge is -2.34. The molecule has 0 aliphatic heterocycles. The largest absolute Gasteiger partial charge is 0.395 e. The second kappa shape index (κ2) is 2.10. The van der Waals surface area contributed by atoms with E-state index in [1.807, 2.05) is 0 Å². The number of hydrogen-bond acceptors (Lipinski definition) is 1. The average Bonchev–Trinajstić information content (AvgIpc) is 2.56. The molecule has 3 atom stereocenters. The Kier molecular flexibility index (Phi) is 1.40. The van der Waals surface area contributed by atoms with Crippen LogP contribution in [0.15, 0.2) is 12.2 Å². The Hall–Kier alpha value is -0.300. The van der Waals surface area contributed by atoms with Crippen LogP contribution >= 0.6 is 0 Å². The zero-order valence-electron chi connectivity index (χ0n) is 7.14. The minimum absolute atomic E-state index is 0.0723. The highest BCUT2D eigenvalue weighted by Gasteiger charge is 2.50. The zero-order chi connectivity index (χ0) is 8.06. The van der Waals surface area contributed by atoms with Gasteiger partial charge in [0.1, 0.15) is 0 Å².